The number of nitrogens with zero attached hydrogens (tertiary/aromatic N) is 2. The minimum absolute atomic E-state index is 0.104. The molecule has 0 spiro atoms. The van der Waals surface area contributed by atoms with Gasteiger partial charge in [-0.25, -0.2) is 4.39 Å². The molecule has 1 unspecified atom stereocenters. The predicted molar refractivity (Wildman–Crippen MR) is 129 cm³/mol. The van der Waals surface area contributed by atoms with Crippen molar-refractivity contribution < 1.29 is 23.8 Å². The average Bonchev–Trinajstić information content (AvgIpc) is 3.08. The van der Waals surface area contributed by atoms with Crippen molar-refractivity contribution in [3.63, 3.8) is 0 Å². The summed E-state index contributed by atoms with van der Waals surface area (Å²) in [7, 11) is 5.41. The number of benzene rings is 3. The summed E-state index contributed by atoms with van der Waals surface area (Å²) in [6.45, 7) is 0.956. The first-order valence-electron chi connectivity index (χ1n) is 11.1. The van der Waals surface area contributed by atoms with Gasteiger partial charge in [-0.05, 0) is 62.1 Å². The summed E-state index contributed by atoms with van der Waals surface area (Å²) in [5, 5.41) is 13.0. The number of methoxy groups -OCH3 is 1. The van der Waals surface area contributed by atoms with Gasteiger partial charge in [0, 0.05) is 17.7 Å². The number of hydrogen-bond donors (Lipinski definition) is 1. The molecule has 1 fully saturated rings. The monoisotopic (exact) mass is 462 g/mol. The largest absolute Gasteiger partial charge is 0.507 e. The number of aliphatic hydroxyl groups is 1. The summed E-state index contributed by atoms with van der Waals surface area (Å²) in [6, 6.07) is 15.8. The number of aliphatic hydroxyl groups excluding tert-OH is 1. The Hall–Kier alpha value is -3.71. The fraction of sp³-hybridized carbons (Fsp3) is 0.259. The van der Waals surface area contributed by atoms with Gasteiger partial charge < -0.3 is 19.6 Å². The van der Waals surface area contributed by atoms with Gasteiger partial charge in [0.1, 0.15) is 17.3 Å². The smallest absolute Gasteiger partial charge is 0.295 e. The second-order valence-corrected chi connectivity index (χ2v) is 8.60. The van der Waals surface area contributed by atoms with Crippen LogP contribution in [0.4, 0.5) is 4.39 Å². The zero-order valence-corrected chi connectivity index (χ0v) is 19.4. The van der Waals surface area contributed by atoms with E-state index in [1.807, 2.05) is 31.1 Å². The molecule has 7 heteroatoms. The number of carbonyl (C=O) groups excluding carboxylic acids is 2. The van der Waals surface area contributed by atoms with Crippen molar-refractivity contribution >= 4 is 28.2 Å². The molecule has 176 valence electrons. The van der Waals surface area contributed by atoms with E-state index in [1.54, 1.807) is 49.6 Å². The van der Waals surface area contributed by atoms with Crippen LogP contribution in [0.5, 0.6) is 5.75 Å². The third-order valence-corrected chi connectivity index (χ3v) is 6.06. The van der Waals surface area contributed by atoms with Crippen LogP contribution < -0.4 is 4.74 Å². The molecule has 1 saturated heterocycles. The Morgan fingerprint density at radius 1 is 1.06 bits per heavy atom. The van der Waals surface area contributed by atoms with E-state index < -0.39 is 23.5 Å². The summed E-state index contributed by atoms with van der Waals surface area (Å²) < 4.78 is 20.1. The molecule has 0 saturated carbocycles. The van der Waals surface area contributed by atoms with Crippen LogP contribution in [0.3, 0.4) is 0 Å². The van der Waals surface area contributed by atoms with Gasteiger partial charge in [-0.15, -0.1) is 0 Å². The van der Waals surface area contributed by atoms with Crippen molar-refractivity contribution in [3.05, 3.63) is 83.2 Å². The first-order valence-corrected chi connectivity index (χ1v) is 11.1. The molecule has 6 nitrogen and oxygen atoms in total. The highest BCUT2D eigenvalue weighted by molar-refractivity contribution is 6.46. The Kier molecular flexibility index (Phi) is 6.65. The molecule has 1 aliphatic heterocycles. The molecule has 1 N–H and O–H groups in total. The van der Waals surface area contributed by atoms with Crippen LogP contribution in [0.1, 0.15) is 23.6 Å². The van der Waals surface area contributed by atoms with E-state index in [2.05, 4.69) is 0 Å². The van der Waals surface area contributed by atoms with Gasteiger partial charge in [0.25, 0.3) is 11.7 Å². The number of fused-ring (bicyclic) bond motifs is 1. The Morgan fingerprint density at radius 3 is 2.47 bits per heavy atom. The number of likely N-dealkylation sites (tertiary alicyclic amines) is 1. The van der Waals surface area contributed by atoms with Crippen LogP contribution in [-0.4, -0.2) is 60.9 Å². The van der Waals surface area contributed by atoms with Gasteiger partial charge >= 0.3 is 0 Å². The Labute approximate surface area is 197 Å². The van der Waals surface area contributed by atoms with Gasteiger partial charge in [-0.3, -0.25) is 9.59 Å². The predicted octanol–water partition coefficient (Wildman–Crippen LogP) is 4.36. The third-order valence-electron chi connectivity index (χ3n) is 6.06. The molecule has 1 atom stereocenters. The molecule has 1 amide bonds. The normalized spacial score (nSPS) is 17.7. The fourth-order valence-electron chi connectivity index (χ4n) is 4.34. The number of Topliss-reactive ketones (excluding diaryl/α,β-unsaturated/α-hetero) is 1. The zero-order chi connectivity index (χ0) is 24.4. The van der Waals surface area contributed by atoms with Crippen molar-refractivity contribution in [1.82, 2.24) is 9.80 Å². The number of halogens is 1. The zero-order valence-electron chi connectivity index (χ0n) is 19.4. The van der Waals surface area contributed by atoms with E-state index in [9.17, 15) is 19.1 Å². The third kappa shape index (κ3) is 4.39. The minimum Gasteiger partial charge on any atom is -0.507 e. The Morgan fingerprint density at radius 2 is 1.76 bits per heavy atom. The highest BCUT2D eigenvalue weighted by Gasteiger charge is 2.46. The number of amides is 1. The van der Waals surface area contributed by atoms with Crippen LogP contribution in [0, 0.1) is 5.82 Å². The fourth-order valence-corrected chi connectivity index (χ4v) is 4.34. The van der Waals surface area contributed by atoms with Crippen molar-refractivity contribution in [2.75, 3.05) is 34.3 Å². The lowest BCUT2D eigenvalue weighted by Gasteiger charge is -2.26. The van der Waals surface area contributed by atoms with Crippen LogP contribution in [0.2, 0.25) is 0 Å². The number of carbonyl (C=O) groups is 2. The van der Waals surface area contributed by atoms with E-state index in [-0.39, 0.29) is 23.4 Å². The minimum atomic E-state index is -1.00. The van der Waals surface area contributed by atoms with Crippen LogP contribution in [0.15, 0.2) is 66.2 Å². The van der Waals surface area contributed by atoms with E-state index in [0.29, 0.717) is 24.3 Å². The standard InChI is InChI=1S/C27H27FN2O4/c1-29(2)13-6-14-30-24(21-7-4-5-8-22(21)28)23(26(32)27(30)33)25(31)19-10-9-18-16-20(34-3)12-11-17(18)15-19/h4-5,7-12,15-16,24,31H,6,13-14H2,1-3H3/b25-23+. The second kappa shape index (κ2) is 9.65. The molecular formula is C27H27FN2O4. The topological polar surface area (TPSA) is 70.1 Å². The molecule has 34 heavy (non-hydrogen) atoms. The summed E-state index contributed by atoms with van der Waals surface area (Å²) >= 11 is 0. The summed E-state index contributed by atoms with van der Waals surface area (Å²) in [5.74, 6) is -1.71. The Bertz CT molecular complexity index is 1280. The van der Waals surface area contributed by atoms with E-state index in [0.717, 1.165) is 10.8 Å². The maximum atomic E-state index is 14.9. The summed E-state index contributed by atoms with van der Waals surface area (Å²) in [6.07, 6.45) is 0.600. The maximum Gasteiger partial charge on any atom is 0.295 e. The van der Waals surface area contributed by atoms with Gasteiger partial charge in [0.2, 0.25) is 0 Å². The molecule has 0 radical (unpaired) electrons. The van der Waals surface area contributed by atoms with Crippen LogP contribution in [0.25, 0.3) is 16.5 Å². The van der Waals surface area contributed by atoms with Crippen molar-refractivity contribution in [2.24, 2.45) is 0 Å². The molecule has 3 aromatic carbocycles. The molecule has 3 aromatic rings. The molecule has 0 aliphatic carbocycles. The first kappa shape index (κ1) is 23.4. The maximum absolute atomic E-state index is 14.9. The first-order chi connectivity index (χ1) is 16.3. The van der Waals surface area contributed by atoms with Crippen molar-refractivity contribution in [3.8, 4) is 5.75 Å². The number of ether oxygens (including phenoxy) is 1. The van der Waals surface area contributed by atoms with Crippen molar-refractivity contribution in [1.29, 1.82) is 0 Å². The van der Waals surface area contributed by atoms with Gasteiger partial charge in [0.05, 0.1) is 18.7 Å². The summed E-state index contributed by atoms with van der Waals surface area (Å²) in [4.78, 5) is 29.4. The van der Waals surface area contributed by atoms with E-state index in [4.69, 9.17) is 4.74 Å². The van der Waals surface area contributed by atoms with Gasteiger partial charge in [0.15, 0.2) is 0 Å². The SMILES string of the molecule is COc1ccc2cc(/C(O)=C3\C(=O)C(=O)N(CCCN(C)C)C3c3ccccc3F)ccc2c1. The molecular weight excluding hydrogens is 435 g/mol. The Balaban J connectivity index is 1.82. The van der Waals surface area contributed by atoms with E-state index >= 15 is 0 Å². The quantitative estimate of drug-likeness (QED) is 0.321. The van der Waals surface area contributed by atoms with Crippen LogP contribution >= 0.6 is 0 Å². The number of hydrogen-bond acceptors (Lipinski definition) is 5. The van der Waals surface area contributed by atoms with E-state index in [1.165, 1.54) is 11.0 Å². The number of ketones is 1. The molecule has 0 bridgehead atoms. The molecule has 1 aliphatic rings. The highest BCUT2D eigenvalue weighted by atomic mass is 19.1. The second-order valence-electron chi connectivity index (χ2n) is 8.60. The van der Waals surface area contributed by atoms with Gasteiger partial charge in [-0.1, -0.05) is 36.4 Å². The van der Waals surface area contributed by atoms with Crippen LogP contribution in [-0.2, 0) is 9.59 Å². The van der Waals surface area contributed by atoms with Gasteiger partial charge in [-0.2, -0.15) is 0 Å². The highest BCUT2D eigenvalue weighted by Crippen LogP contribution is 2.40. The lowest BCUT2D eigenvalue weighted by Crippen LogP contribution is -2.32. The molecule has 1 heterocycles. The molecule has 0 aromatic heterocycles. The lowest BCUT2D eigenvalue weighted by molar-refractivity contribution is -0.140. The molecule has 4 rings (SSSR count). The summed E-state index contributed by atoms with van der Waals surface area (Å²) in [5.41, 5.74) is 0.455. The lowest BCUT2D eigenvalue weighted by atomic mass is 9.94. The van der Waals surface area contributed by atoms with Crippen molar-refractivity contribution in [2.45, 2.75) is 12.5 Å². The average molecular weight is 463 g/mol. The number of rotatable bonds is 7.